The van der Waals surface area contributed by atoms with Gasteiger partial charge in [0, 0.05) is 17.7 Å². The van der Waals surface area contributed by atoms with E-state index in [1.54, 1.807) is 24.3 Å². The molecule has 0 saturated carbocycles. The molecule has 0 spiro atoms. The van der Waals surface area contributed by atoms with Crippen LogP contribution in [0.1, 0.15) is 11.1 Å². The maximum atomic E-state index is 13.2. The highest BCUT2D eigenvalue weighted by atomic mass is 16.6. The van der Waals surface area contributed by atoms with Crippen LogP contribution in [0, 0.1) is 24.0 Å². The summed E-state index contributed by atoms with van der Waals surface area (Å²) in [6.45, 7) is 3.92. The number of aromatic nitrogens is 2. The van der Waals surface area contributed by atoms with Gasteiger partial charge in [0.15, 0.2) is 5.69 Å². The topological polar surface area (TPSA) is 106 Å². The Kier molecular flexibility index (Phi) is 5.28. The van der Waals surface area contributed by atoms with Gasteiger partial charge < -0.3 is 0 Å². The Morgan fingerprint density at radius 3 is 2.29 bits per heavy atom. The van der Waals surface area contributed by atoms with E-state index in [0.717, 1.165) is 11.1 Å². The maximum Gasteiger partial charge on any atom is 0.299 e. The van der Waals surface area contributed by atoms with Crippen molar-refractivity contribution in [1.29, 1.82) is 0 Å². The van der Waals surface area contributed by atoms with Crippen LogP contribution in [-0.4, -0.2) is 14.7 Å². The van der Waals surface area contributed by atoms with Gasteiger partial charge in [0.2, 0.25) is 0 Å². The minimum atomic E-state index is -0.470. The molecule has 1 heterocycles. The van der Waals surface area contributed by atoms with E-state index >= 15 is 0 Å². The van der Waals surface area contributed by atoms with Crippen molar-refractivity contribution >= 4 is 17.1 Å². The number of H-pyrrole nitrogens is 1. The number of aryl methyl sites for hydroxylation is 2. The quantitative estimate of drug-likeness (QED) is 0.255. The monoisotopic (exact) mass is 413 g/mol. The summed E-state index contributed by atoms with van der Waals surface area (Å²) >= 11 is 0. The first kappa shape index (κ1) is 20.0. The van der Waals surface area contributed by atoms with Gasteiger partial charge in [-0.15, -0.1) is 5.11 Å². The first-order valence-corrected chi connectivity index (χ1v) is 9.58. The fraction of sp³-hybridized carbons (Fsp3) is 0.0870. The van der Waals surface area contributed by atoms with Crippen molar-refractivity contribution in [3.63, 3.8) is 0 Å². The fourth-order valence-electron chi connectivity index (χ4n) is 3.25. The van der Waals surface area contributed by atoms with E-state index in [-0.39, 0.29) is 16.9 Å². The fourth-order valence-corrected chi connectivity index (χ4v) is 3.25. The molecule has 8 heteroatoms. The first-order valence-electron chi connectivity index (χ1n) is 9.58. The lowest BCUT2D eigenvalue weighted by atomic mass is 10.1. The zero-order valence-corrected chi connectivity index (χ0v) is 16.9. The van der Waals surface area contributed by atoms with E-state index in [9.17, 15) is 14.9 Å². The van der Waals surface area contributed by atoms with Crippen LogP contribution < -0.4 is 5.56 Å². The number of hydrogen-bond acceptors (Lipinski definition) is 5. The van der Waals surface area contributed by atoms with Crippen LogP contribution in [-0.2, 0) is 0 Å². The number of hydrogen-bond donors (Lipinski definition) is 1. The number of non-ortho nitro benzene ring substituents is 1. The zero-order valence-electron chi connectivity index (χ0n) is 16.9. The molecule has 0 aliphatic carbocycles. The number of aromatic amines is 1. The third-order valence-electron chi connectivity index (χ3n) is 4.86. The van der Waals surface area contributed by atoms with Gasteiger partial charge in [-0.05, 0) is 49.7 Å². The molecule has 4 rings (SSSR count). The van der Waals surface area contributed by atoms with Gasteiger partial charge >= 0.3 is 0 Å². The van der Waals surface area contributed by atoms with Crippen LogP contribution in [0.5, 0.6) is 0 Å². The Morgan fingerprint density at radius 2 is 1.65 bits per heavy atom. The van der Waals surface area contributed by atoms with Crippen molar-refractivity contribution in [3.05, 3.63) is 104 Å². The van der Waals surface area contributed by atoms with E-state index in [1.807, 2.05) is 50.2 Å². The van der Waals surface area contributed by atoms with E-state index in [2.05, 4.69) is 15.3 Å². The normalized spacial score (nSPS) is 11.2. The number of nitro groups is 1. The number of nitrogens with one attached hydrogen (secondary N) is 1. The predicted octanol–water partition coefficient (Wildman–Crippen LogP) is 5.77. The third kappa shape index (κ3) is 4.04. The molecular weight excluding hydrogens is 394 g/mol. The number of azo groups is 1. The van der Waals surface area contributed by atoms with Gasteiger partial charge in [-0.3, -0.25) is 20.0 Å². The molecule has 31 heavy (non-hydrogen) atoms. The summed E-state index contributed by atoms with van der Waals surface area (Å²) in [6.07, 6.45) is 0. The summed E-state index contributed by atoms with van der Waals surface area (Å²) in [7, 11) is 0. The number of nitrogens with zero attached hydrogens (tertiary/aromatic N) is 4. The van der Waals surface area contributed by atoms with Gasteiger partial charge in [-0.25, -0.2) is 4.68 Å². The molecule has 0 unspecified atom stereocenters. The van der Waals surface area contributed by atoms with Gasteiger partial charge in [0.05, 0.1) is 22.0 Å². The number of rotatable bonds is 5. The van der Waals surface area contributed by atoms with Crippen LogP contribution in [0.15, 0.2) is 87.8 Å². The molecule has 0 aliphatic heterocycles. The molecule has 3 aromatic carbocycles. The molecule has 0 atom stereocenters. The average molecular weight is 413 g/mol. The smallest absolute Gasteiger partial charge is 0.288 e. The lowest BCUT2D eigenvalue weighted by Crippen LogP contribution is -2.13. The first-order chi connectivity index (χ1) is 14.9. The molecule has 0 aliphatic rings. The standard InChI is InChI=1S/C23H19N5O3/c1-15-8-13-20(16(2)14-15)24-25-22-21(17-9-11-19(12-10-17)28(30)31)26-27(23(22)29)18-6-4-3-5-7-18/h3-14,26H,1-2H3. The lowest BCUT2D eigenvalue weighted by Gasteiger charge is -2.02. The second-order valence-corrected chi connectivity index (χ2v) is 7.11. The van der Waals surface area contributed by atoms with Crippen LogP contribution in [0.25, 0.3) is 16.9 Å². The summed E-state index contributed by atoms with van der Waals surface area (Å²) in [4.78, 5) is 23.7. The Labute approximate surface area is 177 Å². The molecule has 154 valence electrons. The van der Waals surface area contributed by atoms with E-state index in [0.29, 0.717) is 22.6 Å². The molecule has 8 nitrogen and oxygen atoms in total. The minimum absolute atomic E-state index is 0.0351. The minimum Gasteiger partial charge on any atom is -0.288 e. The Morgan fingerprint density at radius 1 is 0.935 bits per heavy atom. The van der Waals surface area contributed by atoms with Gasteiger partial charge in [0.25, 0.3) is 11.2 Å². The molecule has 0 saturated heterocycles. The summed E-state index contributed by atoms with van der Waals surface area (Å²) in [5, 5.41) is 22.6. The molecule has 0 bridgehead atoms. The van der Waals surface area contributed by atoms with Gasteiger partial charge in [-0.2, -0.15) is 5.11 Å². The second-order valence-electron chi connectivity index (χ2n) is 7.11. The average Bonchev–Trinajstić information content (AvgIpc) is 3.10. The number of nitro benzene ring substituents is 1. The number of para-hydroxylation sites is 1. The van der Waals surface area contributed by atoms with Gasteiger partial charge in [0.1, 0.15) is 0 Å². The summed E-state index contributed by atoms with van der Waals surface area (Å²) in [5.74, 6) is 0. The van der Waals surface area contributed by atoms with E-state index in [4.69, 9.17) is 0 Å². The SMILES string of the molecule is Cc1ccc(N=Nc2c(-c3ccc([N+](=O)[O-])cc3)[nH]n(-c3ccccc3)c2=O)c(C)c1. The van der Waals surface area contributed by atoms with Crippen molar-refractivity contribution in [1.82, 2.24) is 9.78 Å². The predicted molar refractivity (Wildman–Crippen MR) is 119 cm³/mol. The van der Waals surface area contributed by atoms with Gasteiger partial charge in [-0.1, -0.05) is 35.9 Å². The van der Waals surface area contributed by atoms with Crippen molar-refractivity contribution in [2.75, 3.05) is 0 Å². The van der Waals surface area contributed by atoms with Crippen molar-refractivity contribution in [2.45, 2.75) is 13.8 Å². The highest BCUT2D eigenvalue weighted by Crippen LogP contribution is 2.30. The highest BCUT2D eigenvalue weighted by molar-refractivity contribution is 5.72. The lowest BCUT2D eigenvalue weighted by molar-refractivity contribution is -0.384. The Hall–Kier alpha value is -4.33. The van der Waals surface area contributed by atoms with Crippen molar-refractivity contribution < 1.29 is 4.92 Å². The largest absolute Gasteiger partial charge is 0.299 e. The Bertz CT molecular complexity index is 1340. The van der Waals surface area contributed by atoms with E-state index < -0.39 is 4.92 Å². The van der Waals surface area contributed by atoms with E-state index in [1.165, 1.54) is 16.8 Å². The maximum absolute atomic E-state index is 13.2. The third-order valence-corrected chi connectivity index (χ3v) is 4.86. The Balaban J connectivity index is 1.85. The van der Waals surface area contributed by atoms with Crippen LogP contribution in [0.3, 0.4) is 0 Å². The van der Waals surface area contributed by atoms with Crippen molar-refractivity contribution in [2.24, 2.45) is 10.2 Å². The van der Waals surface area contributed by atoms with Crippen LogP contribution in [0.2, 0.25) is 0 Å². The molecule has 0 fully saturated rings. The molecule has 4 aromatic rings. The molecular formula is C23H19N5O3. The zero-order chi connectivity index (χ0) is 22.0. The van der Waals surface area contributed by atoms with Crippen LogP contribution in [0.4, 0.5) is 17.1 Å². The molecule has 1 N–H and O–H groups in total. The second kappa shape index (κ2) is 8.19. The van der Waals surface area contributed by atoms with Crippen molar-refractivity contribution in [3.8, 4) is 16.9 Å². The highest BCUT2D eigenvalue weighted by Gasteiger charge is 2.18. The molecule has 0 radical (unpaired) electrons. The number of benzene rings is 3. The summed E-state index contributed by atoms with van der Waals surface area (Å²) in [5.41, 5.74) is 4.09. The molecule has 0 amide bonds. The summed E-state index contributed by atoms with van der Waals surface area (Å²) in [6, 6.07) is 20.8. The van der Waals surface area contributed by atoms with Crippen LogP contribution >= 0.6 is 0 Å². The molecule has 1 aromatic heterocycles. The summed E-state index contributed by atoms with van der Waals surface area (Å²) < 4.78 is 1.38.